The topological polar surface area (TPSA) is 42.9 Å². The minimum atomic E-state index is 0.663. The van der Waals surface area contributed by atoms with E-state index in [4.69, 9.17) is 0 Å². The van der Waals surface area contributed by atoms with Gasteiger partial charge in [0.15, 0.2) is 5.96 Å². The smallest absolute Gasteiger partial charge is 0.191 e. The van der Waals surface area contributed by atoms with Crippen LogP contribution >= 0.6 is 0 Å². The Bertz CT molecular complexity index is 299. The number of likely N-dealkylation sites (tertiary alicyclic amines) is 2. The number of aliphatic imine (C=N–C) groups is 1. The Kier molecular flexibility index (Phi) is 6.60. The summed E-state index contributed by atoms with van der Waals surface area (Å²) in [5.41, 5.74) is 0. The van der Waals surface area contributed by atoms with Crippen molar-refractivity contribution in [3.63, 3.8) is 0 Å². The van der Waals surface area contributed by atoms with Gasteiger partial charge in [0.2, 0.25) is 0 Å². The van der Waals surface area contributed by atoms with E-state index >= 15 is 0 Å². The molecule has 5 heteroatoms. The highest BCUT2D eigenvalue weighted by Crippen LogP contribution is 2.13. The van der Waals surface area contributed by atoms with Crippen molar-refractivity contribution in [2.45, 2.75) is 38.1 Å². The van der Waals surface area contributed by atoms with E-state index in [1.54, 1.807) is 0 Å². The fourth-order valence-corrected chi connectivity index (χ4v) is 3.19. The van der Waals surface area contributed by atoms with Crippen LogP contribution in [0.5, 0.6) is 0 Å². The highest BCUT2D eigenvalue weighted by atomic mass is 15.2. The first-order valence-electron chi connectivity index (χ1n) is 8.16. The van der Waals surface area contributed by atoms with Gasteiger partial charge in [0.1, 0.15) is 0 Å². The Hall–Kier alpha value is -0.810. The van der Waals surface area contributed by atoms with E-state index in [1.165, 1.54) is 51.7 Å². The Labute approximate surface area is 123 Å². The number of hydrogen-bond acceptors (Lipinski definition) is 3. The van der Waals surface area contributed by atoms with E-state index in [2.05, 4.69) is 32.5 Å². The average molecular weight is 281 g/mol. The normalized spacial score (nSPS) is 25.9. The molecule has 5 nitrogen and oxygen atoms in total. The maximum atomic E-state index is 4.31. The van der Waals surface area contributed by atoms with Crippen molar-refractivity contribution in [1.82, 2.24) is 20.4 Å². The molecule has 2 saturated heterocycles. The van der Waals surface area contributed by atoms with E-state index in [9.17, 15) is 0 Å². The van der Waals surface area contributed by atoms with Gasteiger partial charge in [0.25, 0.3) is 0 Å². The van der Waals surface area contributed by atoms with E-state index in [1.807, 2.05) is 7.05 Å². The summed E-state index contributed by atoms with van der Waals surface area (Å²) >= 11 is 0. The molecule has 2 aliphatic heterocycles. The van der Waals surface area contributed by atoms with E-state index in [0.717, 1.165) is 25.6 Å². The molecule has 2 aliphatic rings. The monoisotopic (exact) mass is 281 g/mol. The third kappa shape index (κ3) is 4.94. The minimum absolute atomic E-state index is 0.663. The summed E-state index contributed by atoms with van der Waals surface area (Å²) in [5.74, 6) is 0.947. The lowest BCUT2D eigenvalue weighted by Gasteiger charge is -2.27. The van der Waals surface area contributed by atoms with Crippen LogP contribution in [0.1, 0.15) is 32.1 Å². The van der Waals surface area contributed by atoms with Gasteiger partial charge in [-0.15, -0.1) is 0 Å². The molecule has 0 aromatic heterocycles. The second kappa shape index (κ2) is 8.47. The molecule has 0 radical (unpaired) electrons. The minimum Gasteiger partial charge on any atom is -0.355 e. The van der Waals surface area contributed by atoms with Crippen molar-refractivity contribution in [3.05, 3.63) is 0 Å². The highest BCUT2D eigenvalue weighted by Gasteiger charge is 2.20. The van der Waals surface area contributed by atoms with Crippen molar-refractivity contribution in [2.24, 2.45) is 4.99 Å². The van der Waals surface area contributed by atoms with Crippen molar-refractivity contribution in [3.8, 4) is 0 Å². The molecular weight excluding hydrogens is 250 g/mol. The summed E-state index contributed by atoms with van der Waals surface area (Å²) in [5, 5.41) is 6.89. The van der Waals surface area contributed by atoms with E-state index in [0.29, 0.717) is 6.04 Å². The van der Waals surface area contributed by atoms with Gasteiger partial charge < -0.3 is 20.4 Å². The Morgan fingerprint density at radius 2 is 1.90 bits per heavy atom. The SMILES string of the molecule is CN=C(NCCN1CCCCC1)NCC1CCCN1C. The number of piperidine rings is 1. The van der Waals surface area contributed by atoms with Gasteiger partial charge in [-0.2, -0.15) is 0 Å². The summed E-state index contributed by atoms with van der Waals surface area (Å²) in [6.45, 7) is 6.87. The third-order valence-electron chi connectivity index (χ3n) is 4.57. The molecule has 2 fully saturated rings. The maximum absolute atomic E-state index is 4.31. The van der Waals surface area contributed by atoms with Crippen molar-refractivity contribution < 1.29 is 0 Å². The van der Waals surface area contributed by atoms with Gasteiger partial charge in [-0.1, -0.05) is 6.42 Å². The van der Waals surface area contributed by atoms with E-state index in [-0.39, 0.29) is 0 Å². The number of likely N-dealkylation sites (N-methyl/N-ethyl adjacent to an activating group) is 1. The molecule has 20 heavy (non-hydrogen) atoms. The maximum Gasteiger partial charge on any atom is 0.191 e. The van der Waals surface area contributed by atoms with Crippen LogP contribution < -0.4 is 10.6 Å². The Morgan fingerprint density at radius 1 is 1.10 bits per heavy atom. The van der Waals surface area contributed by atoms with Crippen LogP contribution in [0.3, 0.4) is 0 Å². The molecule has 2 heterocycles. The van der Waals surface area contributed by atoms with Crippen LogP contribution in [0.2, 0.25) is 0 Å². The molecule has 2 rings (SSSR count). The second-order valence-electron chi connectivity index (χ2n) is 6.06. The van der Waals surface area contributed by atoms with Crippen LogP contribution in [0.4, 0.5) is 0 Å². The third-order valence-corrected chi connectivity index (χ3v) is 4.57. The molecule has 1 unspecified atom stereocenters. The van der Waals surface area contributed by atoms with Gasteiger partial charge >= 0.3 is 0 Å². The molecule has 0 bridgehead atoms. The number of nitrogens with zero attached hydrogens (tertiary/aromatic N) is 3. The molecule has 0 aromatic rings. The quantitative estimate of drug-likeness (QED) is 0.576. The van der Waals surface area contributed by atoms with Gasteiger partial charge in [-0.25, -0.2) is 0 Å². The lowest BCUT2D eigenvalue weighted by Crippen LogP contribution is -2.46. The largest absolute Gasteiger partial charge is 0.355 e. The standard InChI is InChI=1S/C15H31N5/c1-16-15(18-13-14-7-6-9-19(14)2)17-8-12-20-10-4-3-5-11-20/h14H,3-13H2,1-2H3,(H2,16,17,18). The molecular formula is C15H31N5. The molecule has 0 aromatic carbocycles. The van der Waals surface area contributed by atoms with Crippen LogP contribution in [-0.2, 0) is 0 Å². The van der Waals surface area contributed by atoms with Crippen LogP contribution in [0.25, 0.3) is 0 Å². The zero-order valence-corrected chi connectivity index (χ0v) is 13.2. The lowest BCUT2D eigenvalue weighted by molar-refractivity contribution is 0.232. The van der Waals surface area contributed by atoms with Crippen LogP contribution in [0.15, 0.2) is 4.99 Å². The number of nitrogens with one attached hydrogen (secondary N) is 2. The summed E-state index contributed by atoms with van der Waals surface area (Å²) in [7, 11) is 4.07. The van der Waals surface area contributed by atoms with Gasteiger partial charge in [0.05, 0.1) is 0 Å². The first-order chi connectivity index (χ1) is 9.79. The number of hydrogen-bond donors (Lipinski definition) is 2. The summed E-state index contributed by atoms with van der Waals surface area (Å²) < 4.78 is 0. The fraction of sp³-hybridized carbons (Fsp3) is 0.933. The molecule has 116 valence electrons. The molecule has 0 aliphatic carbocycles. The zero-order valence-electron chi connectivity index (χ0n) is 13.2. The van der Waals surface area contributed by atoms with Crippen LogP contribution in [-0.4, -0.2) is 75.2 Å². The second-order valence-corrected chi connectivity index (χ2v) is 6.06. The first-order valence-corrected chi connectivity index (χ1v) is 8.16. The highest BCUT2D eigenvalue weighted by molar-refractivity contribution is 5.79. The van der Waals surface area contributed by atoms with Crippen molar-refractivity contribution >= 4 is 5.96 Å². The van der Waals surface area contributed by atoms with Gasteiger partial charge in [-0.3, -0.25) is 4.99 Å². The summed E-state index contributed by atoms with van der Waals surface area (Å²) in [6.07, 6.45) is 6.75. The van der Waals surface area contributed by atoms with Crippen molar-refractivity contribution in [1.29, 1.82) is 0 Å². The number of guanidine groups is 1. The lowest BCUT2D eigenvalue weighted by atomic mass is 10.1. The Morgan fingerprint density at radius 3 is 2.55 bits per heavy atom. The summed E-state index contributed by atoms with van der Waals surface area (Å²) in [6, 6.07) is 0.663. The molecule has 0 amide bonds. The van der Waals surface area contributed by atoms with Gasteiger partial charge in [-0.05, 0) is 52.4 Å². The fourth-order valence-electron chi connectivity index (χ4n) is 3.19. The summed E-state index contributed by atoms with van der Waals surface area (Å²) in [4.78, 5) is 9.30. The molecule has 2 N–H and O–H groups in total. The predicted octanol–water partition coefficient (Wildman–Crippen LogP) is 0.732. The zero-order chi connectivity index (χ0) is 14.2. The average Bonchev–Trinajstić information content (AvgIpc) is 2.89. The molecule has 0 spiro atoms. The first kappa shape index (κ1) is 15.6. The van der Waals surface area contributed by atoms with Crippen molar-refractivity contribution in [2.75, 3.05) is 53.4 Å². The molecule has 1 atom stereocenters. The molecule has 0 saturated carbocycles. The van der Waals surface area contributed by atoms with E-state index < -0.39 is 0 Å². The Balaban J connectivity index is 1.59. The predicted molar refractivity (Wildman–Crippen MR) is 85.3 cm³/mol. The van der Waals surface area contributed by atoms with Crippen LogP contribution in [0, 0.1) is 0 Å². The van der Waals surface area contributed by atoms with Gasteiger partial charge in [0, 0.05) is 32.7 Å². The number of rotatable bonds is 5.